The Hall–Kier alpha value is -3.33. The van der Waals surface area contributed by atoms with Gasteiger partial charge in [0.2, 0.25) is 0 Å². The molecule has 1 amide bonds. The Kier molecular flexibility index (Phi) is 5.92. The Morgan fingerprint density at radius 1 is 1.00 bits per heavy atom. The van der Waals surface area contributed by atoms with Gasteiger partial charge in [-0.2, -0.15) is 18.3 Å². The molecule has 9 heteroatoms. The zero-order valence-electron chi connectivity index (χ0n) is 16.6. The third kappa shape index (κ3) is 4.34. The first kappa shape index (κ1) is 21.9. The van der Waals surface area contributed by atoms with E-state index in [2.05, 4.69) is 5.10 Å². The number of rotatable bonds is 4. The summed E-state index contributed by atoms with van der Waals surface area (Å²) in [4.78, 5) is 13.2. The van der Waals surface area contributed by atoms with Gasteiger partial charge in [0, 0.05) is 16.7 Å². The van der Waals surface area contributed by atoms with Crippen molar-refractivity contribution in [1.82, 2.24) is 5.01 Å². The molecule has 0 fully saturated rings. The Balaban J connectivity index is 1.73. The summed E-state index contributed by atoms with van der Waals surface area (Å²) in [5.41, 5.74) is 0.490. The number of hydrogen-bond donors (Lipinski definition) is 0. The minimum atomic E-state index is -4.50. The zero-order valence-corrected chi connectivity index (χ0v) is 17.5. The van der Waals surface area contributed by atoms with Gasteiger partial charge in [0.15, 0.2) is 0 Å². The van der Waals surface area contributed by atoms with Gasteiger partial charge < -0.3 is 4.74 Å². The Labute approximate surface area is 185 Å². The lowest BCUT2D eigenvalue weighted by atomic mass is 10.1. The molecule has 1 atom stereocenters. The largest absolute Gasteiger partial charge is 0.496 e. The molecule has 0 radical (unpaired) electrons. The molecule has 1 aliphatic rings. The van der Waals surface area contributed by atoms with Crippen LogP contribution in [0.25, 0.3) is 0 Å². The van der Waals surface area contributed by atoms with E-state index in [1.165, 1.54) is 36.0 Å². The van der Waals surface area contributed by atoms with E-state index in [4.69, 9.17) is 4.74 Å². The molecule has 32 heavy (non-hydrogen) atoms. The molecular formula is C23H16F4N2O2S. The number of carbonyl (C=O) groups excluding carboxylic acids is 1. The van der Waals surface area contributed by atoms with Crippen molar-refractivity contribution >= 4 is 22.7 Å². The molecule has 1 heterocycles. The van der Waals surface area contributed by atoms with Gasteiger partial charge in [0.25, 0.3) is 5.91 Å². The number of alkyl halides is 3. The van der Waals surface area contributed by atoms with Crippen LogP contribution in [0, 0.1) is 5.82 Å². The normalized spacial score (nSPS) is 16.1. The number of hydrogen-bond acceptors (Lipinski definition) is 4. The number of amides is 1. The van der Waals surface area contributed by atoms with Gasteiger partial charge in [-0.1, -0.05) is 30.0 Å². The van der Waals surface area contributed by atoms with Crippen molar-refractivity contribution in [3.05, 3.63) is 101 Å². The Morgan fingerprint density at radius 3 is 2.28 bits per heavy atom. The first-order valence-electron chi connectivity index (χ1n) is 9.43. The molecule has 1 aliphatic heterocycles. The summed E-state index contributed by atoms with van der Waals surface area (Å²) in [6, 6.07) is 16.7. The summed E-state index contributed by atoms with van der Waals surface area (Å²) < 4.78 is 57.5. The van der Waals surface area contributed by atoms with Gasteiger partial charge in [-0.15, -0.1) is 0 Å². The quantitative estimate of drug-likeness (QED) is 0.442. The molecule has 0 saturated carbocycles. The van der Waals surface area contributed by atoms with Crippen LogP contribution in [0.1, 0.15) is 32.4 Å². The standard InChI is InChI=1S/C23H16F4N2O2S/c1-31-19-5-3-2-4-18(19)22-29(28-20(32-22)14-8-12-17(24)13-9-14)21(30)15-6-10-16(11-7-15)23(25,26)27/h2-13,22H,1H3. The summed E-state index contributed by atoms with van der Waals surface area (Å²) in [5.74, 6) is -0.443. The molecule has 0 N–H and O–H groups in total. The highest BCUT2D eigenvalue weighted by molar-refractivity contribution is 8.14. The van der Waals surface area contributed by atoms with Crippen LogP contribution >= 0.6 is 11.8 Å². The van der Waals surface area contributed by atoms with Crippen molar-refractivity contribution in [2.45, 2.75) is 11.6 Å². The zero-order chi connectivity index (χ0) is 22.9. The fourth-order valence-corrected chi connectivity index (χ4v) is 4.38. The number of nitrogens with zero attached hydrogens (tertiary/aromatic N) is 2. The number of halogens is 4. The monoisotopic (exact) mass is 460 g/mol. The number of methoxy groups -OCH3 is 1. The number of thioether (sulfide) groups is 1. The van der Waals surface area contributed by atoms with E-state index in [1.54, 1.807) is 36.4 Å². The van der Waals surface area contributed by atoms with E-state index < -0.39 is 28.8 Å². The van der Waals surface area contributed by atoms with Gasteiger partial charge >= 0.3 is 6.18 Å². The first-order chi connectivity index (χ1) is 15.3. The molecule has 0 saturated heterocycles. The van der Waals surface area contributed by atoms with E-state index in [0.717, 1.165) is 24.3 Å². The molecule has 0 aliphatic carbocycles. The molecule has 4 rings (SSSR count). The first-order valence-corrected chi connectivity index (χ1v) is 10.3. The van der Waals surface area contributed by atoms with Crippen LogP contribution in [0.5, 0.6) is 5.75 Å². The highest BCUT2D eigenvalue weighted by Crippen LogP contribution is 2.45. The number of carbonyl (C=O) groups is 1. The lowest BCUT2D eigenvalue weighted by molar-refractivity contribution is -0.137. The molecule has 1 unspecified atom stereocenters. The molecule has 3 aromatic carbocycles. The maximum absolute atomic E-state index is 13.3. The van der Waals surface area contributed by atoms with Crippen LogP contribution in [-0.4, -0.2) is 23.1 Å². The van der Waals surface area contributed by atoms with Crippen LogP contribution in [0.3, 0.4) is 0 Å². The summed E-state index contributed by atoms with van der Waals surface area (Å²) in [5, 5.41) is 5.49. The maximum Gasteiger partial charge on any atom is 0.416 e. The average molecular weight is 460 g/mol. The molecule has 164 valence electrons. The minimum absolute atomic E-state index is 0.0580. The van der Waals surface area contributed by atoms with Crippen LogP contribution in [0.2, 0.25) is 0 Å². The predicted octanol–water partition coefficient (Wildman–Crippen LogP) is 6.10. The second-order valence-corrected chi connectivity index (χ2v) is 7.92. The van der Waals surface area contributed by atoms with Crippen molar-refractivity contribution < 1.29 is 27.1 Å². The number of benzene rings is 3. The lowest BCUT2D eigenvalue weighted by Crippen LogP contribution is -2.26. The van der Waals surface area contributed by atoms with E-state index in [-0.39, 0.29) is 5.56 Å². The van der Waals surface area contributed by atoms with Crippen LogP contribution in [-0.2, 0) is 6.18 Å². The Morgan fingerprint density at radius 2 is 1.66 bits per heavy atom. The van der Waals surface area contributed by atoms with E-state index in [0.29, 0.717) is 21.9 Å². The molecule has 3 aromatic rings. The highest BCUT2D eigenvalue weighted by atomic mass is 32.2. The molecule has 4 nitrogen and oxygen atoms in total. The second kappa shape index (κ2) is 8.66. The molecule has 0 aromatic heterocycles. The summed E-state index contributed by atoms with van der Waals surface area (Å²) in [7, 11) is 1.50. The van der Waals surface area contributed by atoms with E-state index >= 15 is 0 Å². The van der Waals surface area contributed by atoms with Gasteiger partial charge in [-0.05, 0) is 54.6 Å². The lowest BCUT2D eigenvalue weighted by Gasteiger charge is -2.23. The maximum atomic E-state index is 13.3. The van der Waals surface area contributed by atoms with E-state index in [9.17, 15) is 22.4 Å². The fourth-order valence-electron chi connectivity index (χ4n) is 3.20. The van der Waals surface area contributed by atoms with Crippen molar-refractivity contribution in [2.75, 3.05) is 7.11 Å². The van der Waals surface area contributed by atoms with Crippen molar-refractivity contribution in [2.24, 2.45) is 5.10 Å². The topological polar surface area (TPSA) is 41.9 Å². The van der Waals surface area contributed by atoms with Crippen LogP contribution in [0.4, 0.5) is 17.6 Å². The Bertz CT molecular complexity index is 1160. The van der Waals surface area contributed by atoms with Crippen molar-refractivity contribution in [1.29, 1.82) is 0 Å². The number of ether oxygens (including phenoxy) is 1. The average Bonchev–Trinajstić information content (AvgIpc) is 3.23. The van der Waals surface area contributed by atoms with Crippen LogP contribution in [0.15, 0.2) is 77.9 Å². The smallest absolute Gasteiger partial charge is 0.416 e. The third-order valence-corrected chi connectivity index (χ3v) is 6.02. The van der Waals surface area contributed by atoms with E-state index in [1.807, 2.05) is 0 Å². The van der Waals surface area contributed by atoms with Crippen molar-refractivity contribution in [3.63, 3.8) is 0 Å². The number of hydrazone groups is 1. The molecular weight excluding hydrogens is 444 g/mol. The van der Waals surface area contributed by atoms with Gasteiger partial charge in [0.05, 0.1) is 12.7 Å². The predicted molar refractivity (Wildman–Crippen MR) is 114 cm³/mol. The summed E-state index contributed by atoms with van der Waals surface area (Å²) in [6.45, 7) is 0. The fraction of sp³-hybridized carbons (Fsp3) is 0.130. The molecule has 0 spiro atoms. The van der Waals surface area contributed by atoms with Gasteiger partial charge in [0.1, 0.15) is 22.0 Å². The molecule has 0 bridgehead atoms. The minimum Gasteiger partial charge on any atom is -0.496 e. The van der Waals surface area contributed by atoms with Crippen molar-refractivity contribution in [3.8, 4) is 5.75 Å². The third-order valence-electron chi connectivity index (χ3n) is 4.81. The summed E-state index contributed by atoms with van der Waals surface area (Å²) >= 11 is 1.26. The SMILES string of the molecule is COc1ccccc1C1SC(c2ccc(F)cc2)=NN1C(=O)c1ccc(C(F)(F)F)cc1. The second-order valence-electron chi connectivity index (χ2n) is 6.85. The van der Waals surface area contributed by atoms with Crippen LogP contribution < -0.4 is 4.74 Å². The summed E-state index contributed by atoms with van der Waals surface area (Å²) in [6.07, 6.45) is -4.50. The number of para-hydroxylation sites is 1. The van der Waals surface area contributed by atoms with Gasteiger partial charge in [-0.25, -0.2) is 9.40 Å². The van der Waals surface area contributed by atoms with Gasteiger partial charge in [-0.3, -0.25) is 4.79 Å². The highest BCUT2D eigenvalue weighted by Gasteiger charge is 2.37.